The van der Waals surface area contributed by atoms with Crippen molar-refractivity contribution in [3.05, 3.63) is 89.0 Å². The molecule has 0 bridgehead atoms. The molecule has 3 nitrogen and oxygen atoms in total. The van der Waals surface area contributed by atoms with Gasteiger partial charge in [-0.2, -0.15) is 0 Å². The van der Waals surface area contributed by atoms with Gasteiger partial charge < -0.3 is 10.3 Å². The fourth-order valence-electron chi connectivity index (χ4n) is 2.57. The summed E-state index contributed by atoms with van der Waals surface area (Å²) < 4.78 is 28.4. The summed E-state index contributed by atoms with van der Waals surface area (Å²) in [5.74, 6) is -0.962. The average Bonchev–Trinajstić information content (AvgIpc) is 2.98. The lowest BCUT2D eigenvalue weighted by Gasteiger charge is -2.12. The van der Waals surface area contributed by atoms with Gasteiger partial charge in [0.15, 0.2) is 11.6 Å². The number of nitrogens with zero attached hydrogens (tertiary/aromatic N) is 2. The summed E-state index contributed by atoms with van der Waals surface area (Å²) in [6, 6.07) is 11.5. The van der Waals surface area contributed by atoms with Crippen molar-refractivity contribution in [1.82, 2.24) is 9.55 Å². The number of hydrogen-bond donors (Lipinski definition) is 1. The maximum atomic E-state index is 13.4. The number of rotatable bonds is 5. The van der Waals surface area contributed by atoms with Crippen LogP contribution in [-0.2, 0) is 13.0 Å². The first-order valence-electron chi connectivity index (χ1n) is 7.36. The molecule has 0 fully saturated rings. The third-order valence-corrected chi connectivity index (χ3v) is 3.99. The van der Waals surface area contributed by atoms with Crippen LogP contribution >= 0.6 is 12.2 Å². The first-order valence-corrected chi connectivity index (χ1v) is 7.77. The van der Waals surface area contributed by atoms with E-state index in [0.29, 0.717) is 23.5 Å². The van der Waals surface area contributed by atoms with Crippen LogP contribution in [0.5, 0.6) is 0 Å². The van der Waals surface area contributed by atoms with E-state index in [1.165, 1.54) is 6.07 Å². The monoisotopic (exact) mass is 343 g/mol. The van der Waals surface area contributed by atoms with Gasteiger partial charge in [-0.3, -0.25) is 0 Å². The Morgan fingerprint density at radius 2 is 1.92 bits per heavy atom. The van der Waals surface area contributed by atoms with Gasteiger partial charge in [-0.05, 0) is 23.3 Å². The minimum absolute atomic E-state index is 0.341. The molecule has 6 heteroatoms. The van der Waals surface area contributed by atoms with Crippen LogP contribution in [-0.4, -0.2) is 14.5 Å². The molecule has 2 aromatic carbocycles. The van der Waals surface area contributed by atoms with E-state index in [-0.39, 0.29) is 0 Å². The highest BCUT2D eigenvalue weighted by atomic mass is 32.1. The second-order valence-corrected chi connectivity index (χ2v) is 5.86. The number of halogens is 2. The van der Waals surface area contributed by atoms with Crippen molar-refractivity contribution in [1.29, 1.82) is 0 Å². The Balaban J connectivity index is 1.86. The minimum atomic E-state index is -0.857. The molecule has 0 atom stereocenters. The standard InChI is InChI=1S/C18H15F2N3S/c19-15-6-5-12(9-16(15)20)10-17-22-7-8-23(17)11-13-3-1-2-4-14(13)18(21)24/h1-9H,10-11H2,(H2,21,24). The van der Waals surface area contributed by atoms with E-state index in [1.807, 2.05) is 35.0 Å². The molecule has 0 radical (unpaired) electrons. The second kappa shape index (κ2) is 6.88. The van der Waals surface area contributed by atoms with E-state index in [4.69, 9.17) is 18.0 Å². The van der Waals surface area contributed by atoms with Gasteiger partial charge in [-0.15, -0.1) is 0 Å². The molecule has 1 heterocycles. The molecule has 1 aromatic heterocycles. The summed E-state index contributed by atoms with van der Waals surface area (Å²) >= 11 is 5.09. The van der Waals surface area contributed by atoms with Gasteiger partial charge >= 0.3 is 0 Å². The normalized spacial score (nSPS) is 10.8. The first-order chi connectivity index (χ1) is 11.5. The molecule has 0 saturated heterocycles. The van der Waals surface area contributed by atoms with Crippen LogP contribution in [0.4, 0.5) is 8.78 Å². The smallest absolute Gasteiger partial charge is 0.159 e. The highest BCUT2D eigenvalue weighted by Gasteiger charge is 2.10. The fraction of sp³-hybridized carbons (Fsp3) is 0.111. The number of thiocarbonyl (C=S) groups is 1. The van der Waals surface area contributed by atoms with Crippen molar-refractivity contribution in [2.75, 3.05) is 0 Å². The third-order valence-electron chi connectivity index (χ3n) is 3.77. The summed E-state index contributed by atoms with van der Waals surface area (Å²) in [6.07, 6.45) is 3.92. The molecular weight excluding hydrogens is 328 g/mol. The van der Waals surface area contributed by atoms with Crippen molar-refractivity contribution >= 4 is 17.2 Å². The molecule has 0 unspecified atom stereocenters. The quantitative estimate of drug-likeness (QED) is 0.722. The highest BCUT2D eigenvalue weighted by Crippen LogP contribution is 2.15. The van der Waals surface area contributed by atoms with Crippen molar-refractivity contribution in [2.24, 2.45) is 5.73 Å². The van der Waals surface area contributed by atoms with Gasteiger partial charge in [0.1, 0.15) is 10.8 Å². The zero-order valence-electron chi connectivity index (χ0n) is 12.7. The summed E-state index contributed by atoms with van der Waals surface area (Å²) in [5.41, 5.74) is 8.22. The van der Waals surface area contributed by atoms with Gasteiger partial charge in [0, 0.05) is 30.9 Å². The maximum Gasteiger partial charge on any atom is 0.159 e. The lowest BCUT2D eigenvalue weighted by atomic mass is 10.1. The molecule has 0 aliphatic heterocycles. The van der Waals surface area contributed by atoms with Crippen LogP contribution in [0.15, 0.2) is 54.9 Å². The molecule has 122 valence electrons. The van der Waals surface area contributed by atoms with Gasteiger partial charge in [-0.25, -0.2) is 13.8 Å². The van der Waals surface area contributed by atoms with Gasteiger partial charge in [0.25, 0.3) is 0 Å². The van der Waals surface area contributed by atoms with E-state index >= 15 is 0 Å². The van der Waals surface area contributed by atoms with Gasteiger partial charge in [-0.1, -0.05) is 42.5 Å². The van der Waals surface area contributed by atoms with Crippen molar-refractivity contribution in [3.8, 4) is 0 Å². The van der Waals surface area contributed by atoms with Crippen LogP contribution in [0.25, 0.3) is 0 Å². The average molecular weight is 343 g/mol. The van der Waals surface area contributed by atoms with Crippen LogP contribution in [0.2, 0.25) is 0 Å². The fourth-order valence-corrected chi connectivity index (χ4v) is 2.76. The Hall–Kier alpha value is -2.60. The molecule has 3 rings (SSSR count). The molecule has 0 amide bonds. The van der Waals surface area contributed by atoms with Crippen LogP contribution in [0, 0.1) is 11.6 Å². The molecular formula is C18H15F2N3S. The number of hydrogen-bond acceptors (Lipinski definition) is 2. The van der Waals surface area contributed by atoms with Crippen molar-refractivity contribution < 1.29 is 8.78 Å². The van der Waals surface area contributed by atoms with Crippen molar-refractivity contribution in [3.63, 3.8) is 0 Å². The summed E-state index contributed by atoms with van der Waals surface area (Å²) in [5, 5.41) is 0. The second-order valence-electron chi connectivity index (χ2n) is 5.42. The van der Waals surface area contributed by atoms with Gasteiger partial charge in [0.05, 0.1) is 0 Å². The Kier molecular flexibility index (Phi) is 4.66. The molecule has 0 aliphatic carbocycles. The molecule has 2 N–H and O–H groups in total. The number of aromatic nitrogens is 2. The van der Waals surface area contributed by atoms with E-state index in [9.17, 15) is 8.78 Å². The van der Waals surface area contributed by atoms with Crippen LogP contribution in [0.1, 0.15) is 22.5 Å². The number of benzene rings is 2. The van der Waals surface area contributed by atoms with Crippen molar-refractivity contribution in [2.45, 2.75) is 13.0 Å². The molecule has 0 saturated carbocycles. The molecule has 3 aromatic rings. The molecule has 0 aliphatic rings. The van der Waals surface area contributed by atoms with E-state index < -0.39 is 11.6 Å². The van der Waals surface area contributed by atoms with Gasteiger partial charge in [0.2, 0.25) is 0 Å². The molecule has 0 spiro atoms. The van der Waals surface area contributed by atoms with E-state index in [2.05, 4.69) is 4.98 Å². The largest absolute Gasteiger partial charge is 0.389 e. The summed E-state index contributed by atoms with van der Waals surface area (Å²) in [4.78, 5) is 4.66. The Labute approximate surface area is 143 Å². The Bertz CT molecular complexity index is 889. The third kappa shape index (κ3) is 3.49. The van der Waals surface area contributed by atoms with Crippen LogP contribution < -0.4 is 5.73 Å². The zero-order valence-corrected chi connectivity index (χ0v) is 13.6. The SMILES string of the molecule is NC(=S)c1ccccc1Cn1ccnc1Cc1ccc(F)c(F)c1. The lowest BCUT2D eigenvalue weighted by molar-refractivity contribution is 0.507. The minimum Gasteiger partial charge on any atom is -0.389 e. The van der Waals surface area contributed by atoms with E-state index in [0.717, 1.165) is 23.0 Å². The predicted molar refractivity (Wildman–Crippen MR) is 92.8 cm³/mol. The summed E-state index contributed by atoms with van der Waals surface area (Å²) in [6.45, 7) is 0.548. The highest BCUT2D eigenvalue weighted by molar-refractivity contribution is 7.80. The topological polar surface area (TPSA) is 43.8 Å². The predicted octanol–water partition coefficient (Wildman–Crippen LogP) is 3.43. The lowest BCUT2D eigenvalue weighted by Crippen LogP contribution is -2.14. The maximum absolute atomic E-state index is 13.4. The first kappa shape index (κ1) is 16.3. The molecule has 24 heavy (non-hydrogen) atoms. The zero-order chi connectivity index (χ0) is 17.1. The van der Waals surface area contributed by atoms with Crippen LogP contribution in [0.3, 0.4) is 0 Å². The summed E-state index contributed by atoms with van der Waals surface area (Å²) in [7, 11) is 0. The Morgan fingerprint density at radius 1 is 1.12 bits per heavy atom. The Morgan fingerprint density at radius 3 is 2.67 bits per heavy atom. The number of nitrogens with two attached hydrogens (primary N) is 1. The van der Waals surface area contributed by atoms with E-state index in [1.54, 1.807) is 12.3 Å². The number of imidazole rings is 1.